The van der Waals surface area contributed by atoms with Crippen molar-refractivity contribution in [3.63, 3.8) is 0 Å². The fraction of sp³-hybridized carbons (Fsp3) is 0.375. The molecule has 0 radical (unpaired) electrons. The number of H-pyrrole nitrogens is 1. The number of carbonyl (C=O) groups is 1. The van der Waals surface area contributed by atoms with Gasteiger partial charge in [-0.25, -0.2) is 4.98 Å². The molecule has 3 aromatic rings. The molecule has 2 atom stereocenters. The number of para-hydroxylation sites is 1. The van der Waals surface area contributed by atoms with Crippen LogP contribution in [-0.2, 0) is 22.5 Å². The van der Waals surface area contributed by atoms with Gasteiger partial charge in [0.1, 0.15) is 13.1 Å². The van der Waals surface area contributed by atoms with E-state index in [4.69, 9.17) is 4.74 Å². The van der Waals surface area contributed by atoms with Crippen LogP contribution in [0.3, 0.4) is 0 Å². The molecule has 1 aliphatic carbocycles. The Hall–Kier alpha value is -3.03. The van der Waals surface area contributed by atoms with Crippen LogP contribution in [0.1, 0.15) is 35.8 Å². The summed E-state index contributed by atoms with van der Waals surface area (Å²) in [5.41, 5.74) is 3.05. The molecule has 0 saturated carbocycles. The highest BCUT2D eigenvalue weighted by Gasteiger charge is 2.24. The van der Waals surface area contributed by atoms with Gasteiger partial charge in [0.15, 0.2) is 12.4 Å². The van der Waals surface area contributed by atoms with E-state index in [1.54, 1.807) is 13.2 Å². The van der Waals surface area contributed by atoms with E-state index < -0.39 is 0 Å². The molecule has 162 valence electrons. The minimum atomic E-state index is -0.157. The Morgan fingerprint density at radius 2 is 2.03 bits per heavy atom. The number of rotatable bonds is 8. The van der Waals surface area contributed by atoms with Crippen molar-refractivity contribution < 1.29 is 14.4 Å². The Bertz CT molecular complexity index is 1110. The highest BCUT2D eigenvalue weighted by Crippen LogP contribution is 2.29. The number of nitrogens with one attached hydrogen (secondary N) is 3. The number of hydrogen-bond donors (Lipinski definition) is 3. The highest BCUT2D eigenvalue weighted by atomic mass is 16.5. The smallest absolute Gasteiger partial charge is 0.275 e. The zero-order valence-electron chi connectivity index (χ0n) is 17.8. The van der Waals surface area contributed by atoms with E-state index in [-0.39, 0.29) is 17.5 Å². The number of hydrogen-bond acceptors (Lipinski definition) is 4. The number of amides is 1. The molecule has 0 aliphatic heterocycles. The van der Waals surface area contributed by atoms with E-state index in [2.05, 4.69) is 33.5 Å². The predicted octanol–water partition coefficient (Wildman–Crippen LogP) is 1.15. The van der Waals surface area contributed by atoms with E-state index in [1.165, 1.54) is 11.1 Å². The summed E-state index contributed by atoms with van der Waals surface area (Å²) in [4.78, 5) is 33.7. The van der Waals surface area contributed by atoms with E-state index in [9.17, 15) is 9.59 Å². The van der Waals surface area contributed by atoms with Crippen LogP contribution in [0.5, 0.6) is 0 Å². The SMILES string of the molecule is COCC[NH+](CC(=O)N[C@@H]1CCCc2ccccc21)Cc1nc2ccccc2c(=O)[nH]1. The normalized spacial score (nSPS) is 16.6. The standard InChI is InChI=1S/C24H28N4O3/c1-31-14-13-28(15-22-25-21-11-5-4-10-19(21)24(30)27-22)16-23(29)26-20-12-6-8-17-7-2-3-9-18(17)20/h2-5,7,9-11,20H,6,8,12-16H2,1H3,(H,26,29)(H,25,27,30)/p+1/t20-/m1/s1. The van der Waals surface area contributed by atoms with E-state index in [0.717, 1.165) is 24.2 Å². The van der Waals surface area contributed by atoms with Gasteiger partial charge in [-0.05, 0) is 42.5 Å². The van der Waals surface area contributed by atoms with Crippen molar-refractivity contribution in [3.05, 3.63) is 75.8 Å². The van der Waals surface area contributed by atoms with Crippen molar-refractivity contribution in [1.29, 1.82) is 0 Å². The lowest BCUT2D eigenvalue weighted by atomic mass is 9.88. The molecule has 1 amide bonds. The molecule has 2 aromatic carbocycles. The van der Waals surface area contributed by atoms with Crippen LogP contribution in [0.2, 0.25) is 0 Å². The topological polar surface area (TPSA) is 88.5 Å². The molecule has 3 N–H and O–H groups in total. The largest absolute Gasteiger partial charge is 0.379 e. The maximum absolute atomic E-state index is 12.9. The fourth-order valence-corrected chi connectivity index (χ4v) is 4.32. The first-order valence-corrected chi connectivity index (χ1v) is 10.8. The third-order valence-electron chi connectivity index (χ3n) is 5.85. The number of quaternary nitrogens is 1. The summed E-state index contributed by atoms with van der Waals surface area (Å²) in [5, 5.41) is 3.78. The molecule has 7 heteroatoms. The summed E-state index contributed by atoms with van der Waals surface area (Å²) in [5.74, 6) is 0.571. The molecule has 1 aromatic heterocycles. The maximum atomic E-state index is 12.9. The molecule has 0 fully saturated rings. The van der Waals surface area contributed by atoms with Gasteiger partial charge >= 0.3 is 0 Å². The number of nitrogens with zero attached hydrogens (tertiary/aromatic N) is 1. The van der Waals surface area contributed by atoms with Crippen LogP contribution < -0.4 is 15.8 Å². The van der Waals surface area contributed by atoms with Crippen LogP contribution in [0, 0.1) is 0 Å². The van der Waals surface area contributed by atoms with E-state index in [1.807, 2.05) is 24.3 Å². The van der Waals surface area contributed by atoms with Crippen LogP contribution >= 0.6 is 0 Å². The van der Waals surface area contributed by atoms with Crippen molar-refractivity contribution >= 4 is 16.8 Å². The average molecular weight is 422 g/mol. The molecule has 0 saturated heterocycles. The third-order valence-corrected chi connectivity index (χ3v) is 5.85. The van der Waals surface area contributed by atoms with Gasteiger partial charge in [-0.15, -0.1) is 0 Å². The van der Waals surface area contributed by atoms with Gasteiger partial charge in [0.2, 0.25) is 0 Å². The summed E-state index contributed by atoms with van der Waals surface area (Å²) >= 11 is 0. The maximum Gasteiger partial charge on any atom is 0.275 e. The number of carbonyl (C=O) groups excluding carboxylic acids is 1. The Morgan fingerprint density at radius 1 is 1.23 bits per heavy atom. The summed E-state index contributed by atoms with van der Waals surface area (Å²) in [6.07, 6.45) is 3.09. The van der Waals surface area contributed by atoms with Crippen LogP contribution in [-0.4, -0.2) is 42.7 Å². The fourth-order valence-electron chi connectivity index (χ4n) is 4.32. The Balaban J connectivity index is 1.46. The molecular weight excluding hydrogens is 392 g/mol. The Kier molecular flexibility index (Phi) is 6.74. The molecular formula is C24H29N4O3+. The number of ether oxygens (including phenoxy) is 1. The predicted molar refractivity (Wildman–Crippen MR) is 119 cm³/mol. The molecule has 31 heavy (non-hydrogen) atoms. The van der Waals surface area contributed by atoms with Crippen molar-refractivity contribution in [3.8, 4) is 0 Å². The minimum Gasteiger partial charge on any atom is -0.379 e. The van der Waals surface area contributed by atoms with Gasteiger partial charge < -0.3 is 19.9 Å². The summed E-state index contributed by atoms with van der Waals surface area (Å²) in [6, 6.07) is 15.7. The van der Waals surface area contributed by atoms with Crippen molar-refractivity contribution in [2.75, 3.05) is 26.8 Å². The van der Waals surface area contributed by atoms with Gasteiger partial charge in [0, 0.05) is 7.11 Å². The van der Waals surface area contributed by atoms with Gasteiger partial charge in [-0.1, -0.05) is 36.4 Å². The first kappa shape index (κ1) is 21.2. The Labute approximate surface area is 181 Å². The molecule has 0 bridgehead atoms. The summed E-state index contributed by atoms with van der Waals surface area (Å²) < 4.78 is 5.24. The first-order valence-electron chi connectivity index (χ1n) is 10.8. The van der Waals surface area contributed by atoms with Gasteiger partial charge in [0.25, 0.3) is 11.5 Å². The molecule has 4 rings (SSSR count). The van der Waals surface area contributed by atoms with Crippen LogP contribution in [0.25, 0.3) is 10.9 Å². The molecule has 1 unspecified atom stereocenters. The molecule has 1 heterocycles. The number of aryl methyl sites for hydroxylation is 1. The quantitative estimate of drug-likeness (QED) is 0.509. The number of aromatic amines is 1. The monoisotopic (exact) mass is 421 g/mol. The zero-order valence-corrected chi connectivity index (χ0v) is 17.8. The highest BCUT2D eigenvalue weighted by molar-refractivity contribution is 5.78. The second-order valence-corrected chi connectivity index (χ2v) is 8.09. The second-order valence-electron chi connectivity index (χ2n) is 8.09. The van der Waals surface area contributed by atoms with Crippen molar-refractivity contribution in [1.82, 2.24) is 15.3 Å². The average Bonchev–Trinajstić information content (AvgIpc) is 2.78. The third kappa shape index (κ3) is 5.18. The van der Waals surface area contributed by atoms with E-state index in [0.29, 0.717) is 43.0 Å². The molecule has 0 spiro atoms. The summed E-state index contributed by atoms with van der Waals surface area (Å²) in [6.45, 7) is 1.89. The lowest BCUT2D eigenvalue weighted by Gasteiger charge is -2.27. The van der Waals surface area contributed by atoms with Gasteiger partial charge in [-0.3, -0.25) is 9.59 Å². The summed E-state index contributed by atoms with van der Waals surface area (Å²) in [7, 11) is 1.65. The van der Waals surface area contributed by atoms with Crippen molar-refractivity contribution in [2.24, 2.45) is 0 Å². The van der Waals surface area contributed by atoms with Gasteiger partial charge in [-0.2, -0.15) is 0 Å². The number of fused-ring (bicyclic) bond motifs is 2. The lowest BCUT2D eigenvalue weighted by Crippen LogP contribution is -3.12. The van der Waals surface area contributed by atoms with Crippen molar-refractivity contribution in [2.45, 2.75) is 31.8 Å². The van der Waals surface area contributed by atoms with E-state index >= 15 is 0 Å². The minimum absolute atomic E-state index is 0.00376. The molecule has 7 nitrogen and oxygen atoms in total. The van der Waals surface area contributed by atoms with Crippen LogP contribution in [0.15, 0.2) is 53.3 Å². The second kappa shape index (κ2) is 9.85. The first-order chi connectivity index (χ1) is 15.1. The van der Waals surface area contributed by atoms with Crippen LogP contribution in [0.4, 0.5) is 0 Å². The lowest BCUT2D eigenvalue weighted by molar-refractivity contribution is -0.906. The van der Waals surface area contributed by atoms with Gasteiger partial charge in [0.05, 0.1) is 23.6 Å². The molecule has 1 aliphatic rings. The number of benzene rings is 2. The zero-order chi connectivity index (χ0) is 21.6. The Morgan fingerprint density at radius 3 is 2.90 bits per heavy atom. The number of methoxy groups -OCH3 is 1. The number of aromatic nitrogens is 2.